The summed E-state index contributed by atoms with van der Waals surface area (Å²) in [5.41, 5.74) is 2.64. The largest absolute Gasteiger partial charge is 0.388 e. The number of amides is 2. The second-order valence-electron chi connectivity index (χ2n) is 6.78. The summed E-state index contributed by atoms with van der Waals surface area (Å²) in [6, 6.07) is 17.7. The van der Waals surface area contributed by atoms with E-state index < -0.39 is 0 Å². The predicted octanol–water partition coefficient (Wildman–Crippen LogP) is 4.64. The van der Waals surface area contributed by atoms with Crippen molar-refractivity contribution in [3.8, 4) is 0 Å². The number of nitrogens with one attached hydrogen (secondary N) is 1. The van der Waals surface area contributed by atoms with Crippen molar-refractivity contribution >= 4 is 33.4 Å². The van der Waals surface area contributed by atoms with Crippen LogP contribution in [-0.4, -0.2) is 35.3 Å². The molecule has 1 saturated heterocycles. The molecule has 5 nitrogen and oxygen atoms in total. The van der Waals surface area contributed by atoms with E-state index in [-0.39, 0.29) is 11.6 Å². The lowest BCUT2D eigenvalue weighted by Gasteiger charge is -2.37. The summed E-state index contributed by atoms with van der Waals surface area (Å²) >= 11 is 3.40. The average Bonchev–Trinajstić information content (AvgIpc) is 3.08. The number of nitrogens with zero attached hydrogens (tertiary/aromatic N) is 2. The van der Waals surface area contributed by atoms with Crippen molar-refractivity contribution < 1.29 is 9.63 Å². The highest BCUT2D eigenvalue weighted by Crippen LogP contribution is 2.36. The molecule has 2 aromatic rings. The molecular weight excluding hydrogens is 394 g/mol. The quantitative estimate of drug-likeness (QED) is 0.779. The van der Waals surface area contributed by atoms with Gasteiger partial charge in [-0.1, -0.05) is 51.4 Å². The molecule has 2 aliphatic rings. The maximum atomic E-state index is 12.5. The molecule has 6 heteroatoms. The van der Waals surface area contributed by atoms with Crippen LogP contribution in [-0.2, 0) is 4.84 Å². The van der Waals surface area contributed by atoms with Crippen LogP contribution >= 0.6 is 15.9 Å². The fourth-order valence-corrected chi connectivity index (χ4v) is 3.69. The summed E-state index contributed by atoms with van der Waals surface area (Å²) in [5, 5.41) is 7.27. The van der Waals surface area contributed by atoms with Crippen molar-refractivity contribution in [2.45, 2.75) is 24.9 Å². The fourth-order valence-electron chi connectivity index (χ4n) is 3.43. The highest BCUT2D eigenvalue weighted by molar-refractivity contribution is 9.10. The summed E-state index contributed by atoms with van der Waals surface area (Å²) in [5.74, 6) is 0. The van der Waals surface area contributed by atoms with Gasteiger partial charge in [0.1, 0.15) is 5.60 Å². The molecule has 0 bridgehead atoms. The maximum Gasteiger partial charge on any atom is 0.321 e. The molecule has 0 radical (unpaired) electrons. The number of hydrogen-bond donors (Lipinski definition) is 1. The molecule has 2 aliphatic heterocycles. The SMILES string of the molecule is O=C(Nc1ccc(Br)cc1)N1CCC2(CC1)CC(c1ccccc1)=NO2. The Labute approximate surface area is 161 Å². The first-order valence-corrected chi connectivity index (χ1v) is 9.55. The van der Waals surface area contributed by atoms with E-state index in [9.17, 15) is 4.79 Å². The highest BCUT2D eigenvalue weighted by Gasteiger charge is 2.43. The van der Waals surface area contributed by atoms with Crippen molar-refractivity contribution in [3.05, 3.63) is 64.6 Å². The molecule has 0 aromatic heterocycles. The van der Waals surface area contributed by atoms with E-state index in [0.29, 0.717) is 13.1 Å². The number of oxime groups is 1. The predicted molar refractivity (Wildman–Crippen MR) is 105 cm³/mol. The van der Waals surface area contributed by atoms with E-state index in [1.807, 2.05) is 47.4 Å². The highest BCUT2D eigenvalue weighted by atomic mass is 79.9. The van der Waals surface area contributed by atoms with Crippen LogP contribution in [0.2, 0.25) is 0 Å². The van der Waals surface area contributed by atoms with Crippen LogP contribution in [0.1, 0.15) is 24.8 Å². The average molecular weight is 414 g/mol. The molecule has 0 unspecified atom stereocenters. The number of urea groups is 1. The van der Waals surface area contributed by atoms with Crippen molar-refractivity contribution in [2.75, 3.05) is 18.4 Å². The second kappa shape index (κ2) is 7.11. The van der Waals surface area contributed by atoms with E-state index in [2.05, 4.69) is 38.5 Å². The normalized spacial score (nSPS) is 18.3. The fraction of sp³-hybridized carbons (Fsp3) is 0.300. The number of carbonyl (C=O) groups excluding carboxylic acids is 1. The van der Waals surface area contributed by atoms with Gasteiger partial charge in [0, 0.05) is 42.5 Å². The number of halogens is 1. The lowest BCUT2D eigenvalue weighted by Crippen LogP contribution is -2.48. The van der Waals surface area contributed by atoms with E-state index in [1.165, 1.54) is 0 Å². The number of carbonyl (C=O) groups is 1. The number of likely N-dealkylation sites (tertiary alicyclic amines) is 1. The Bertz CT molecular complexity index is 813. The van der Waals surface area contributed by atoms with Crippen LogP contribution in [0.15, 0.2) is 64.2 Å². The standard InChI is InChI=1S/C20H20BrN3O2/c21-16-6-8-17(9-7-16)22-19(25)24-12-10-20(11-13-24)14-18(23-26-20)15-4-2-1-3-5-15/h1-9H,10-14H2,(H,22,25). The van der Waals surface area contributed by atoms with Gasteiger partial charge in [-0.05, 0) is 29.8 Å². The van der Waals surface area contributed by atoms with E-state index in [0.717, 1.165) is 40.7 Å². The Morgan fingerprint density at radius 1 is 1.08 bits per heavy atom. The minimum atomic E-state index is -0.264. The zero-order valence-electron chi connectivity index (χ0n) is 14.3. The minimum Gasteiger partial charge on any atom is -0.388 e. The van der Waals surface area contributed by atoms with Crippen molar-refractivity contribution in [1.82, 2.24) is 4.90 Å². The van der Waals surface area contributed by atoms with E-state index >= 15 is 0 Å². The van der Waals surface area contributed by atoms with Gasteiger partial charge >= 0.3 is 6.03 Å². The van der Waals surface area contributed by atoms with Crippen LogP contribution < -0.4 is 5.32 Å². The van der Waals surface area contributed by atoms with Gasteiger partial charge in [0.15, 0.2) is 0 Å². The first-order chi connectivity index (χ1) is 12.6. The first kappa shape index (κ1) is 17.1. The van der Waals surface area contributed by atoms with Crippen molar-refractivity contribution in [3.63, 3.8) is 0 Å². The number of rotatable bonds is 2. The zero-order chi connectivity index (χ0) is 18.0. The lowest BCUT2D eigenvalue weighted by atomic mass is 9.85. The third-order valence-electron chi connectivity index (χ3n) is 5.00. The van der Waals surface area contributed by atoms with Gasteiger partial charge in [-0.2, -0.15) is 0 Å². The maximum absolute atomic E-state index is 12.5. The van der Waals surface area contributed by atoms with Gasteiger partial charge in [0.25, 0.3) is 0 Å². The summed E-state index contributed by atoms with van der Waals surface area (Å²) in [4.78, 5) is 20.2. The summed E-state index contributed by atoms with van der Waals surface area (Å²) < 4.78 is 0.989. The first-order valence-electron chi connectivity index (χ1n) is 8.76. The smallest absolute Gasteiger partial charge is 0.321 e. The third kappa shape index (κ3) is 3.60. The molecule has 0 aliphatic carbocycles. The Morgan fingerprint density at radius 2 is 1.77 bits per heavy atom. The summed E-state index contributed by atoms with van der Waals surface area (Å²) in [7, 11) is 0. The molecule has 2 amide bonds. The van der Waals surface area contributed by atoms with Crippen LogP contribution in [0, 0.1) is 0 Å². The lowest BCUT2D eigenvalue weighted by molar-refractivity contribution is -0.0544. The molecule has 1 N–H and O–H groups in total. The Balaban J connectivity index is 1.33. The van der Waals surface area contributed by atoms with Gasteiger partial charge in [-0.25, -0.2) is 4.79 Å². The number of benzene rings is 2. The van der Waals surface area contributed by atoms with Gasteiger partial charge in [-0.3, -0.25) is 0 Å². The minimum absolute atomic E-state index is 0.0654. The van der Waals surface area contributed by atoms with Crippen molar-refractivity contribution in [2.24, 2.45) is 5.16 Å². The van der Waals surface area contributed by atoms with Gasteiger partial charge < -0.3 is 15.1 Å². The van der Waals surface area contributed by atoms with Crippen LogP contribution in [0.5, 0.6) is 0 Å². The van der Waals surface area contributed by atoms with E-state index in [1.54, 1.807) is 0 Å². The number of piperidine rings is 1. The molecule has 2 aromatic carbocycles. The molecule has 4 rings (SSSR count). The molecule has 0 saturated carbocycles. The van der Waals surface area contributed by atoms with Gasteiger partial charge in [0.2, 0.25) is 0 Å². The van der Waals surface area contributed by atoms with Gasteiger partial charge in [-0.15, -0.1) is 0 Å². The molecule has 2 heterocycles. The van der Waals surface area contributed by atoms with Crippen LogP contribution in [0.4, 0.5) is 10.5 Å². The van der Waals surface area contributed by atoms with Crippen molar-refractivity contribution in [1.29, 1.82) is 0 Å². The second-order valence-corrected chi connectivity index (χ2v) is 7.69. The zero-order valence-corrected chi connectivity index (χ0v) is 15.9. The number of anilines is 1. The van der Waals surface area contributed by atoms with Crippen LogP contribution in [0.3, 0.4) is 0 Å². The van der Waals surface area contributed by atoms with Gasteiger partial charge in [0.05, 0.1) is 5.71 Å². The monoisotopic (exact) mass is 413 g/mol. The molecule has 1 spiro atoms. The molecule has 0 atom stereocenters. The molecular formula is C20H20BrN3O2. The molecule has 26 heavy (non-hydrogen) atoms. The third-order valence-corrected chi connectivity index (χ3v) is 5.53. The van der Waals surface area contributed by atoms with E-state index in [4.69, 9.17) is 4.84 Å². The Kier molecular flexibility index (Phi) is 4.68. The number of hydrogen-bond acceptors (Lipinski definition) is 3. The summed E-state index contributed by atoms with van der Waals surface area (Å²) in [6.07, 6.45) is 2.39. The van der Waals surface area contributed by atoms with Crippen LogP contribution in [0.25, 0.3) is 0 Å². The summed E-state index contributed by atoms with van der Waals surface area (Å²) in [6.45, 7) is 1.33. The Hall–Kier alpha value is -2.34. The molecule has 134 valence electrons. The topological polar surface area (TPSA) is 53.9 Å². The molecule has 1 fully saturated rings. The Morgan fingerprint density at radius 3 is 2.46 bits per heavy atom.